The first-order chi connectivity index (χ1) is 9.83. The van der Waals surface area contributed by atoms with E-state index in [1.165, 1.54) is 22.2 Å². The molecule has 0 saturated heterocycles. The van der Waals surface area contributed by atoms with Crippen molar-refractivity contribution >= 4 is 17.0 Å². The van der Waals surface area contributed by atoms with Gasteiger partial charge in [-0.15, -0.1) is 0 Å². The van der Waals surface area contributed by atoms with Crippen molar-refractivity contribution in [1.82, 2.24) is 9.88 Å². The summed E-state index contributed by atoms with van der Waals surface area (Å²) in [5, 5.41) is 1.21. The Hall–Kier alpha value is -1.97. The van der Waals surface area contributed by atoms with E-state index in [1.54, 1.807) is 4.90 Å². The van der Waals surface area contributed by atoms with Gasteiger partial charge in [0.25, 0.3) is 0 Å². The lowest BCUT2D eigenvalue weighted by Gasteiger charge is -2.30. The first kappa shape index (κ1) is 14.0. The van der Waals surface area contributed by atoms with Crippen LogP contribution in [0.2, 0.25) is 0 Å². The van der Waals surface area contributed by atoms with E-state index >= 15 is 0 Å². The maximum atomic E-state index is 12.2. The minimum atomic E-state index is -0.450. The van der Waals surface area contributed by atoms with Crippen LogP contribution >= 0.6 is 0 Å². The number of H-pyrrole nitrogens is 1. The normalized spacial score (nSPS) is 15.1. The van der Waals surface area contributed by atoms with E-state index in [1.807, 2.05) is 20.8 Å². The Morgan fingerprint density at radius 2 is 2.10 bits per heavy atom. The smallest absolute Gasteiger partial charge is 0.410 e. The average molecular weight is 286 g/mol. The molecule has 1 amide bonds. The number of aryl methyl sites for hydroxylation is 1. The molecule has 21 heavy (non-hydrogen) atoms. The van der Waals surface area contributed by atoms with Crippen LogP contribution in [-0.4, -0.2) is 28.1 Å². The summed E-state index contributed by atoms with van der Waals surface area (Å²) in [5.74, 6) is 0. The van der Waals surface area contributed by atoms with Gasteiger partial charge < -0.3 is 14.6 Å². The van der Waals surface area contributed by atoms with Crippen LogP contribution in [0.15, 0.2) is 18.2 Å². The second-order valence-corrected chi connectivity index (χ2v) is 6.78. The molecule has 1 aliphatic heterocycles. The Morgan fingerprint density at radius 3 is 2.81 bits per heavy atom. The predicted octanol–water partition coefficient (Wildman–Crippen LogP) is 3.77. The van der Waals surface area contributed by atoms with E-state index in [9.17, 15) is 4.79 Å². The summed E-state index contributed by atoms with van der Waals surface area (Å²) in [6.45, 7) is 9.10. The van der Waals surface area contributed by atoms with Gasteiger partial charge in [0, 0.05) is 35.1 Å². The van der Waals surface area contributed by atoms with Crippen molar-refractivity contribution < 1.29 is 9.53 Å². The SMILES string of the molecule is Cc1ccc2c3c([nH]c2c1)CCN(C(=O)OC(C)(C)C)C3. The Labute approximate surface area is 125 Å². The van der Waals surface area contributed by atoms with Crippen LogP contribution in [-0.2, 0) is 17.7 Å². The Bertz CT molecular complexity index is 695. The molecule has 4 heteroatoms. The van der Waals surface area contributed by atoms with Crippen molar-refractivity contribution in [2.75, 3.05) is 6.54 Å². The zero-order valence-electron chi connectivity index (χ0n) is 13.1. The summed E-state index contributed by atoms with van der Waals surface area (Å²) >= 11 is 0. The number of benzene rings is 1. The van der Waals surface area contributed by atoms with E-state index in [0.717, 1.165) is 11.9 Å². The molecule has 1 aromatic carbocycles. The highest BCUT2D eigenvalue weighted by molar-refractivity contribution is 5.86. The molecular formula is C17H22N2O2. The monoisotopic (exact) mass is 286 g/mol. The van der Waals surface area contributed by atoms with Crippen LogP contribution in [0.1, 0.15) is 37.6 Å². The van der Waals surface area contributed by atoms with E-state index in [0.29, 0.717) is 13.1 Å². The number of carbonyl (C=O) groups is 1. The number of carbonyl (C=O) groups excluding carboxylic acids is 1. The Kier molecular flexibility index (Phi) is 3.19. The fourth-order valence-electron chi connectivity index (χ4n) is 2.82. The molecule has 3 rings (SSSR count). The molecule has 0 atom stereocenters. The highest BCUT2D eigenvalue weighted by Gasteiger charge is 2.27. The second kappa shape index (κ2) is 4.79. The molecule has 4 nitrogen and oxygen atoms in total. The number of rotatable bonds is 0. The summed E-state index contributed by atoms with van der Waals surface area (Å²) in [7, 11) is 0. The third-order valence-corrected chi connectivity index (χ3v) is 3.78. The molecule has 0 aliphatic carbocycles. The zero-order chi connectivity index (χ0) is 15.2. The average Bonchev–Trinajstić information content (AvgIpc) is 2.72. The standard InChI is InChI=1S/C17H22N2O2/c1-11-5-6-12-13-10-19(16(20)21-17(2,3)4)8-7-14(13)18-15(12)9-11/h5-6,9,18H,7-8,10H2,1-4H3. The summed E-state index contributed by atoms with van der Waals surface area (Å²) < 4.78 is 5.48. The number of hydrogen-bond acceptors (Lipinski definition) is 2. The number of ether oxygens (including phenoxy) is 1. The van der Waals surface area contributed by atoms with Gasteiger partial charge in [-0.05, 0) is 39.3 Å². The van der Waals surface area contributed by atoms with Crippen LogP contribution in [0.3, 0.4) is 0 Å². The highest BCUT2D eigenvalue weighted by Crippen LogP contribution is 2.29. The quantitative estimate of drug-likeness (QED) is 0.801. The lowest BCUT2D eigenvalue weighted by Crippen LogP contribution is -2.39. The largest absolute Gasteiger partial charge is 0.444 e. The van der Waals surface area contributed by atoms with E-state index in [2.05, 4.69) is 30.1 Å². The Morgan fingerprint density at radius 1 is 1.33 bits per heavy atom. The van der Waals surface area contributed by atoms with Crippen molar-refractivity contribution in [3.8, 4) is 0 Å². The summed E-state index contributed by atoms with van der Waals surface area (Å²) in [4.78, 5) is 17.5. The molecule has 112 valence electrons. The molecule has 0 spiro atoms. The van der Waals surface area contributed by atoms with Gasteiger partial charge >= 0.3 is 6.09 Å². The fraction of sp³-hybridized carbons (Fsp3) is 0.471. The van der Waals surface area contributed by atoms with Crippen LogP contribution in [0.5, 0.6) is 0 Å². The highest BCUT2D eigenvalue weighted by atomic mass is 16.6. The minimum Gasteiger partial charge on any atom is -0.444 e. The van der Waals surface area contributed by atoms with Crippen molar-refractivity contribution in [3.05, 3.63) is 35.0 Å². The van der Waals surface area contributed by atoms with Crippen LogP contribution in [0.4, 0.5) is 4.79 Å². The molecule has 0 radical (unpaired) electrons. The van der Waals surface area contributed by atoms with Crippen LogP contribution in [0.25, 0.3) is 10.9 Å². The number of aromatic nitrogens is 1. The van der Waals surface area contributed by atoms with E-state index in [-0.39, 0.29) is 6.09 Å². The molecule has 0 fully saturated rings. The molecule has 0 saturated carbocycles. The van der Waals surface area contributed by atoms with Crippen molar-refractivity contribution in [2.45, 2.75) is 46.3 Å². The lowest BCUT2D eigenvalue weighted by molar-refractivity contribution is 0.0224. The van der Waals surface area contributed by atoms with Gasteiger partial charge in [-0.2, -0.15) is 0 Å². The molecule has 1 aliphatic rings. The third kappa shape index (κ3) is 2.75. The van der Waals surface area contributed by atoms with E-state index < -0.39 is 5.60 Å². The van der Waals surface area contributed by atoms with Gasteiger partial charge in [-0.1, -0.05) is 12.1 Å². The number of nitrogens with zero attached hydrogens (tertiary/aromatic N) is 1. The number of fused-ring (bicyclic) bond motifs is 3. The molecule has 0 unspecified atom stereocenters. The maximum absolute atomic E-state index is 12.2. The fourth-order valence-corrected chi connectivity index (χ4v) is 2.82. The summed E-state index contributed by atoms with van der Waals surface area (Å²) in [5.41, 5.74) is 4.42. The minimum absolute atomic E-state index is 0.227. The molecular weight excluding hydrogens is 264 g/mol. The van der Waals surface area contributed by atoms with Gasteiger partial charge in [-0.3, -0.25) is 0 Å². The van der Waals surface area contributed by atoms with Gasteiger partial charge in [0.15, 0.2) is 0 Å². The van der Waals surface area contributed by atoms with Gasteiger partial charge in [0.2, 0.25) is 0 Å². The number of hydrogen-bond donors (Lipinski definition) is 1. The summed E-state index contributed by atoms with van der Waals surface area (Å²) in [6, 6.07) is 6.41. The molecule has 0 bridgehead atoms. The predicted molar refractivity (Wildman–Crippen MR) is 83.4 cm³/mol. The number of nitrogens with one attached hydrogen (secondary N) is 1. The van der Waals surface area contributed by atoms with Crippen molar-refractivity contribution in [2.24, 2.45) is 0 Å². The molecule has 2 aromatic rings. The zero-order valence-corrected chi connectivity index (χ0v) is 13.1. The lowest BCUT2D eigenvalue weighted by atomic mass is 10.0. The maximum Gasteiger partial charge on any atom is 0.410 e. The Balaban J connectivity index is 1.88. The molecule has 1 N–H and O–H groups in total. The molecule has 1 aromatic heterocycles. The van der Waals surface area contributed by atoms with Crippen molar-refractivity contribution in [1.29, 1.82) is 0 Å². The van der Waals surface area contributed by atoms with Crippen LogP contribution < -0.4 is 0 Å². The number of aromatic amines is 1. The van der Waals surface area contributed by atoms with Gasteiger partial charge in [0.1, 0.15) is 5.60 Å². The summed E-state index contributed by atoms with van der Waals surface area (Å²) in [6.07, 6.45) is 0.622. The third-order valence-electron chi connectivity index (χ3n) is 3.78. The van der Waals surface area contributed by atoms with Gasteiger partial charge in [0.05, 0.1) is 6.54 Å². The van der Waals surface area contributed by atoms with Crippen molar-refractivity contribution in [3.63, 3.8) is 0 Å². The first-order valence-electron chi connectivity index (χ1n) is 7.41. The number of amides is 1. The van der Waals surface area contributed by atoms with E-state index in [4.69, 9.17) is 4.74 Å². The second-order valence-electron chi connectivity index (χ2n) is 6.78. The first-order valence-corrected chi connectivity index (χ1v) is 7.41. The molecule has 2 heterocycles. The van der Waals surface area contributed by atoms with Gasteiger partial charge in [-0.25, -0.2) is 4.79 Å². The topological polar surface area (TPSA) is 45.3 Å². The van der Waals surface area contributed by atoms with Crippen LogP contribution in [0, 0.1) is 6.92 Å².